The predicted octanol–water partition coefficient (Wildman–Crippen LogP) is 3.71. The molecular formula is C16H21NO. The number of hydrogen-bond donors (Lipinski definition) is 1. The quantitative estimate of drug-likeness (QED) is 0.866. The first-order chi connectivity index (χ1) is 8.78. The van der Waals surface area contributed by atoms with Gasteiger partial charge in [-0.3, -0.25) is 0 Å². The molecule has 0 saturated carbocycles. The van der Waals surface area contributed by atoms with E-state index in [-0.39, 0.29) is 6.04 Å². The summed E-state index contributed by atoms with van der Waals surface area (Å²) in [5.74, 6) is 2.02. The molecule has 1 heterocycles. The lowest BCUT2D eigenvalue weighted by molar-refractivity contribution is 0.434. The maximum atomic E-state index is 5.83. The second-order valence-corrected chi connectivity index (χ2v) is 4.47. The van der Waals surface area contributed by atoms with Gasteiger partial charge in [0.25, 0.3) is 0 Å². The van der Waals surface area contributed by atoms with Gasteiger partial charge in [0.15, 0.2) is 0 Å². The minimum Gasteiger partial charge on any atom is -0.464 e. The molecule has 1 N–H and O–H groups in total. The number of benzene rings is 1. The Bertz CT molecular complexity index is 484. The van der Waals surface area contributed by atoms with Crippen molar-refractivity contribution in [2.75, 3.05) is 7.05 Å². The van der Waals surface area contributed by atoms with Gasteiger partial charge < -0.3 is 9.73 Å². The first kappa shape index (κ1) is 12.9. The Balaban J connectivity index is 2.26. The van der Waals surface area contributed by atoms with E-state index < -0.39 is 0 Å². The van der Waals surface area contributed by atoms with E-state index in [0.717, 1.165) is 24.4 Å². The van der Waals surface area contributed by atoms with E-state index in [1.54, 1.807) is 0 Å². The molecular weight excluding hydrogens is 222 g/mol. The molecule has 96 valence electrons. The van der Waals surface area contributed by atoms with Gasteiger partial charge in [-0.1, -0.05) is 38.1 Å². The Morgan fingerprint density at radius 3 is 2.22 bits per heavy atom. The third-order valence-electron chi connectivity index (χ3n) is 3.33. The zero-order valence-corrected chi connectivity index (χ0v) is 11.4. The summed E-state index contributed by atoms with van der Waals surface area (Å²) < 4.78 is 5.83. The van der Waals surface area contributed by atoms with E-state index in [2.05, 4.69) is 55.6 Å². The molecule has 1 unspecified atom stereocenters. The highest BCUT2D eigenvalue weighted by Gasteiger charge is 2.15. The summed E-state index contributed by atoms with van der Waals surface area (Å²) in [6.07, 6.45) is 2.01. The molecule has 0 saturated heterocycles. The largest absolute Gasteiger partial charge is 0.464 e. The third-order valence-corrected chi connectivity index (χ3v) is 3.33. The van der Waals surface area contributed by atoms with E-state index in [4.69, 9.17) is 4.42 Å². The molecule has 0 bridgehead atoms. The molecule has 18 heavy (non-hydrogen) atoms. The van der Waals surface area contributed by atoms with Crippen LogP contribution in [0.15, 0.2) is 40.8 Å². The summed E-state index contributed by atoms with van der Waals surface area (Å²) >= 11 is 0. The summed E-state index contributed by atoms with van der Waals surface area (Å²) in [5.41, 5.74) is 2.61. The van der Waals surface area contributed by atoms with Crippen molar-refractivity contribution in [2.24, 2.45) is 0 Å². The van der Waals surface area contributed by atoms with Crippen molar-refractivity contribution in [3.05, 3.63) is 59.0 Å². The van der Waals surface area contributed by atoms with Crippen LogP contribution in [0.1, 0.15) is 42.5 Å². The Morgan fingerprint density at radius 1 is 1.00 bits per heavy atom. The van der Waals surface area contributed by atoms with Gasteiger partial charge in [0.1, 0.15) is 11.5 Å². The van der Waals surface area contributed by atoms with Gasteiger partial charge in [0, 0.05) is 6.42 Å². The van der Waals surface area contributed by atoms with E-state index in [9.17, 15) is 0 Å². The summed E-state index contributed by atoms with van der Waals surface area (Å²) in [6, 6.07) is 13.0. The molecule has 2 heteroatoms. The zero-order valence-electron chi connectivity index (χ0n) is 11.4. The fourth-order valence-corrected chi connectivity index (χ4v) is 2.16. The number of hydrogen-bond acceptors (Lipinski definition) is 2. The molecule has 0 amide bonds. The van der Waals surface area contributed by atoms with Crippen LogP contribution < -0.4 is 5.32 Å². The molecule has 2 aromatic rings. The molecule has 2 rings (SSSR count). The van der Waals surface area contributed by atoms with Crippen molar-refractivity contribution in [1.82, 2.24) is 5.32 Å². The topological polar surface area (TPSA) is 25.2 Å². The van der Waals surface area contributed by atoms with E-state index in [0.29, 0.717) is 0 Å². The standard InChI is InChI=1S/C16H21NO/c1-4-12-6-8-13(9-7-12)16(17-3)15-11-10-14(5-2)18-15/h6-11,16-17H,4-5H2,1-3H3. The second-order valence-electron chi connectivity index (χ2n) is 4.47. The van der Waals surface area contributed by atoms with Gasteiger partial charge in [0.2, 0.25) is 0 Å². The van der Waals surface area contributed by atoms with Crippen LogP contribution in [0.25, 0.3) is 0 Å². The summed E-state index contributed by atoms with van der Waals surface area (Å²) in [6.45, 7) is 4.28. The highest BCUT2D eigenvalue weighted by atomic mass is 16.3. The highest BCUT2D eigenvalue weighted by molar-refractivity contribution is 5.30. The molecule has 1 aromatic carbocycles. The fourth-order valence-electron chi connectivity index (χ4n) is 2.16. The van der Waals surface area contributed by atoms with Crippen LogP contribution in [-0.2, 0) is 12.8 Å². The van der Waals surface area contributed by atoms with E-state index in [1.165, 1.54) is 11.1 Å². The molecule has 1 atom stereocenters. The predicted molar refractivity (Wildman–Crippen MR) is 74.8 cm³/mol. The highest BCUT2D eigenvalue weighted by Crippen LogP contribution is 2.24. The Labute approximate surface area is 109 Å². The monoisotopic (exact) mass is 243 g/mol. The van der Waals surface area contributed by atoms with Gasteiger partial charge in [-0.25, -0.2) is 0 Å². The molecule has 0 aliphatic heterocycles. The summed E-state index contributed by atoms with van der Waals surface area (Å²) in [5, 5.41) is 3.32. The minimum atomic E-state index is 0.135. The molecule has 2 nitrogen and oxygen atoms in total. The third kappa shape index (κ3) is 2.65. The van der Waals surface area contributed by atoms with Gasteiger partial charge in [-0.2, -0.15) is 0 Å². The smallest absolute Gasteiger partial charge is 0.125 e. The van der Waals surface area contributed by atoms with E-state index in [1.807, 2.05) is 7.05 Å². The summed E-state index contributed by atoms with van der Waals surface area (Å²) in [4.78, 5) is 0. The second kappa shape index (κ2) is 5.87. The number of nitrogens with one attached hydrogen (secondary N) is 1. The van der Waals surface area contributed by atoms with Crippen LogP contribution in [0.4, 0.5) is 0 Å². The SMILES string of the molecule is CCc1ccc(C(NC)c2ccc(CC)o2)cc1. The molecule has 0 aliphatic carbocycles. The Morgan fingerprint density at radius 2 is 1.72 bits per heavy atom. The van der Waals surface area contributed by atoms with Crippen molar-refractivity contribution in [2.45, 2.75) is 32.7 Å². The summed E-state index contributed by atoms with van der Waals surface area (Å²) in [7, 11) is 1.96. The number of rotatable bonds is 5. The Kier molecular flexibility index (Phi) is 4.21. The minimum absolute atomic E-state index is 0.135. The lowest BCUT2D eigenvalue weighted by atomic mass is 10.0. The zero-order chi connectivity index (χ0) is 13.0. The van der Waals surface area contributed by atoms with Crippen molar-refractivity contribution in [1.29, 1.82) is 0 Å². The van der Waals surface area contributed by atoms with Gasteiger partial charge in [-0.15, -0.1) is 0 Å². The first-order valence-electron chi connectivity index (χ1n) is 6.63. The number of furan rings is 1. The lowest BCUT2D eigenvalue weighted by Crippen LogP contribution is -2.16. The Hall–Kier alpha value is -1.54. The molecule has 0 aliphatic rings. The van der Waals surface area contributed by atoms with Crippen LogP contribution >= 0.6 is 0 Å². The van der Waals surface area contributed by atoms with Crippen LogP contribution in [0, 0.1) is 0 Å². The molecule has 1 aromatic heterocycles. The maximum absolute atomic E-state index is 5.83. The van der Waals surface area contributed by atoms with Gasteiger partial charge in [0.05, 0.1) is 6.04 Å². The van der Waals surface area contributed by atoms with Crippen LogP contribution in [-0.4, -0.2) is 7.05 Å². The lowest BCUT2D eigenvalue weighted by Gasteiger charge is -2.14. The molecule has 0 fully saturated rings. The molecule has 0 spiro atoms. The van der Waals surface area contributed by atoms with Crippen molar-refractivity contribution < 1.29 is 4.42 Å². The molecule has 0 radical (unpaired) electrons. The van der Waals surface area contributed by atoms with Gasteiger partial charge >= 0.3 is 0 Å². The number of aryl methyl sites for hydroxylation is 2. The average molecular weight is 243 g/mol. The fraction of sp³-hybridized carbons (Fsp3) is 0.375. The van der Waals surface area contributed by atoms with Gasteiger partial charge in [-0.05, 0) is 36.7 Å². The average Bonchev–Trinajstić information content (AvgIpc) is 2.89. The van der Waals surface area contributed by atoms with Crippen LogP contribution in [0.2, 0.25) is 0 Å². The van der Waals surface area contributed by atoms with E-state index >= 15 is 0 Å². The van der Waals surface area contributed by atoms with Crippen molar-refractivity contribution in [3.63, 3.8) is 0 Å². The van der Waals surface area contributed by atoms with Crippen molar-refractivity contribution in [3.8, 4) is 0 Å². The van der Waals surface area contributed by atoms with Crippen molar-refractivity contribution >= 4 is 0 Å². The first-order valence-corrected chi connectivity index (χ1v) is 6.63. The maximum Gasteiger partial charge on any atom is 0.125 e. The van der Waals surface area contributed by atoms with Crippen LogP contribution in [0.5, 0.6) is 0 Å². The normalized spacial score (nSPS) is 12.6. The van der Waals surface area contributed by atoms with Crippen LogP contribution in [0.3, 0.4) is 0 Å².